The van der Waals surface area contributed by atoms with Crippen molar-refractivity contribution in [3.63, 3.8) is 0 Å². The first kappa shape index (κ1) is 14.4. The number of methoxy groups -OCH3 is 3. The van der Waals surface area contributed by atoms with Crippen LogP contribution in [-0.4, -0.2) is 32.7 Å². The molecule has 0 saturated carbocycles. The molecule has 0 aliphatic heterocycles. The van der Waals surface area contributed by atoms with Crippen molar-refractivity contribution in [1.82, 2.24) is 0 Å². The molecule has 0 atom stereocenters. The zero-order valence-corrected chi connectivity index (χ0v) is 12.3. The normalized spacial score (nSPS) is 11.7. The number of ether oxygens (including phenoxy) is 3. The third-order valence-corrected chi connectivity index (χ3v) is 3.30. The Morgan fingerprint density at radius 2 is 1.65 bits per heavy atom. The zero-order chi connectivity index (χ0) is 14.9. The predicted molar refractivity (Wildman–Crippen MR) is 74.7 cm³/mol. The number of furan rings is 1. The van der Waals surface area contributed by atoms with Gasteiger partial charge in [-0.3, -0.25) is 4.79 Å². The molecule has 1 heterocycles. The second-order valence-corrected chi connectivity index (χ2v) is 4.90. The maximum Gasteiger partial charge on any atom is 0.229 e. The van der Waals surface area contributed by atoms with Gasteiger partial charge >= 0.3 is 0 Å². The van der Waals surface area contributed by atoms with Crippen molar-refractivity contribution < 1.29 is 23.4 Å². The summed E-state index contributed by atoms with van der Waals surface area (Å²) in [6, 6.07) is 5.15. The first-order valence-electron chi connectivity index (χ1n) is 6.18. The van der Waals surface area contributed by atoms with Gasteiger partial charge in [0.2, 0.25) is 5.78 Å². The van der Waals surface area contributed by atoms with E-state index in [-0.39, 0.29) is 11.5 Å². The SMILES string of the molecule is COc1cc2cc(C(=O)C(C)(C)OC)oc2cc1OC. The van der Waals surface area contributed by atoms with Crippen molar-refractivity contribution in [3.8, 4) is 11.5 Å². The maximum atomic E-state index is 12.3. The van der Waals surface area contributed by atoms with Crippen molar-refractivity contribution in [3.05, 3.63) is 24.0 Å². The highest BCUT2D eigenvalue weighted by molar-refractivity contribution is 6.02. The average molecular weight is 278 g/mol. The number of benzene rings is 1. The molecule has 0 spiro atoms. The standard InChI is InChI=1S/C15H18O5/c1-15(2,19-5)14(16)13-7-9-6-11(17-3)12(18-4)8-10(9)20-13/h6-8H,1-5H3. The minimum atomic E-state index is -0.929. The van der Waals surface area contributed by atoms with Gasteiger partial charge in [0.25, 0.3) is 0 Å². The van der Waals surface area contributed by atoms with Crippen LogP contribution in [0.3, 0.4) is 0 Å². The second-order valence-electron chi connectivity index (χ2n) is 4.90. The Kier molecular flexibility index (Phi) is 3.72. The van der Waals surface area contributed by atoms with Gasteiger partial charge in [0.15, 0.2) is 17.3 Å². The molecule has 0 unspecified atom stereocenters. The number of rotatable bonds is 5. The number of carbonyl (C=O) groups excluding carboxylic acids is 1. The summed E-state index contributed by atoms with van der Waals surface area (Å²) in [6.07, 6.45) is 0. The van der Waals surface area contributed by atoms with Gasteiger partial charge in [-0.15, -0.1) is 0 Å². The molecule has 0 aliphatic rings. The van der Waals surface area contributed by atoms with E-state index in [2.05, 4.69) is 0 Å². The molecule has 20 heavy (non-hydrogen) atoms. The van der Waals surface area contributed by atoms with Crippen LogP contribution in [0.2, 0.25) is 0 Å². The Morgan fingerprint density at radius 3 is 2.20 bits per heavy atom. The van der Waals surface area contributed by atoms with E-state index < -0.39 is 5.60 Å². The third-order valence-electron chi connectivity index (χ3n) is 3.30. The molecule has 2 rings (SSSR count). The Morgan fingerprint density at radius 1 is 1.05 bits per heavy atom. The van der Waals surface area contributed by atoms with Crippen LogP contribution in [0.4, 0.5) is 0 Å². The molecule has 0 saturated heterocycles. The smallest absolute Gasteiger partial charge is 0.229 e. The maximum absolute atomic E-state index is 12.3. The molecule has 0 amide bonds. The molecular formula is C15H18O5. The van der Waals surface area contributed by atoms with Gasteiger partial charge in [-0.1, -0.05) is 0 Å². The fourth-order valence-corrected chi connectivity index (χ4v) is 1.87. The number of fused-ring (bicyclic) bond motifs is 1. The number of hydrogen-bond acceptors (Lipinski definition) is 5. The van der Waals surface area contributed by atoms with Crippen molar-refractivity contribution >= 4 is 16.8 Å². The van der Waals surface area contributed by atoms with Crippen LogP contribution in [0.1, 0.15) is 24.4 Å². The minimum Gasteiger partial charge on any atom is -0.493 e. The van der Waals surface area contributed by atoms with E-state index >= 15 is 0 Å². The quantitative estimate of drug-likeness (QED) is 0.787. The van der Waals surface area contributed by atoms with Gasteiger partial charge < -0.3 is 18.6 Å². The summed E-state index contributed by atoms with van der Waals surface area (Å²) in [4.78, 5) is 12.3. The minimum absolute atomic E-state index is 0.214. The molecule has 0 fully saturated rings. The Hall–Kier alpha value is -2.01. The summed E-state index contributed by atoms with van der Waals surface area (Å²) in [5, 5.41) is 0.776. The van der Waals surface area contributed by atoms with Gasteiger partial charge in [-0.2, -0.15) is 0 Å². The summed E-state index contributed by atoms with van der Waals surface area (Å²) in [5.41, 5.74) is -0.361. The lowest BCUT2D eigenvalue weighted by Crippen LogP contribution is -2.33. The molecule has 0 radical (unpaired) electrons. The number of carbonyl (C=O) groups is 1. The zero-order valence-electron chi connectivity index (χ0n) is 12.3. The van der Waals surface area contributed by atoms with Crippen LogP contribution in [0.25, 0.3) is 11.0 Å². The predicted octanol–water partition coefficient (Wildman–Crippen LogP) is 3.06. The fraction of sp³-hybridized carbons (Fsp3) is 0.400. The van der Waals surface area contributed by atoms with Crippen LogP contribution in [0.5, 0.6) is 11.5 Å². The highest BCUT2D eigenvalue weighted by Gasteiger charge is 2.31. The molecule has 1 aromatic heterocycles. The lowest BCUT2D eigenvalue weighted by molar-refractivity contribution is 0.0206. The van der Waals surface area contributed by atoms with Crippen LogP contribution >= 0.6 is 0 Å². The van der Waals surface area contributed by atoms with E-state index in [1.54, 1.807) is 46.3 Å². The van der Waals surface area contributed by atoms with Crippen LogP contribution < -0.4 is 9.47 Å². The van der Waals surface area contributed by atoms with E-state index in [0.29, 0.717) is 17.1 Å². The van der Waals surface area contributed by atoms with Crippen LogP contribution in [0, 0.1) is 0 Å². The van der Waals surface area contributed by atoms with Gasteiger partial charge in [0.1, 0.15) is 11.2 Å². The second kappa shape index (κ2) is 5.17. The highest BCUT2D eigenvalue weighted by Crippen LogP contribution is 2.34. The fourth-order valence-electron chi connectivity index (χ4n) is 1.87. The van der Waals surface area contributed by atoms with Crippen molar-refractivity contribution in [2.24, 2.45) is 0 Å². The summed E-state index contributed by atoms with van der Waals surface area (Å²) in [7, 11) is 4.60. The van der Waals surface area contributed by atoms with E-state index in [4.69, 9.17) is 18.6 Å². The lowest BCUT2D eigenvalue weighted by atomic mass is 10.0. The largest absolute Gasteiger partial charge is 0.493 e. The number of Topliss-reactive ketones (excluding diaryl/α,β-unsaturated/α-hetero) is 1. The molecule has 5 nitrogen and oxygen atoms in total. The van der Waals surface area contributed by atoms with E-state index in [1.165, 1.54) is 7.11 Å². The third kappa shape index (κ3) is 2.36. The lowest BCUT2D eigenvalue weighted by Gasteiger charge is -2.19. The van der Waals surface area contributed by atoms with Crippen molar-refractivity contribution in [2.45, 2.75) is 19.4 Å². The van der Waals surface area contributed by atoms with Crippen LogP contribution in [-0.2, 0) is 4.74 Å². The van der Waals surface area contributed by atoms with Gasteiger partial charge in [-0.05, 0) is 26.0 Å². The van der Waals surface area contributed by atoms with E-state index in [0.717, 1.165) is 5.39 Å². The first-order valence-corrected chi connectivity index (χ1v) is 6.18. The Bertz CT molecular complexity index is 598. The number of hydrogen-bond donors (Lipinski definition) is 0. The van der Waals surface area contributed by atoms with Gasteiger partial charge in [0.05, 0.1) is 14.2 Å². The van der Waals surface area contributed by atoms with Crippen molar-refractivity contribution in [2.75, 3.05) is 21.3 Å². The van der Waals surface area contributed by atoms with Crippen LogP contribution in [0.15, 0.2) is 22.6 Å². The summed E-state index contributed by atoms with van der Waals surface area (Å²) in [6.45, 7) is 3.40. The molecule has 108 valence electrons. The summed E-state index contributed by atoms with van der Waals surface area (Å²) < 4.78 is 21.2. The topological polar surface area (TPSA) is 57.9 Å². The summed E-state index contributed by atoms with van der Waals surface area (Å²) >= 11 is 0. The number of ketones is 1. The molecular weight excluding hydrogens is 260 g/mol. The molecule has 0 bridgehead atoms. The Labute approximate surface area is 117 Å². The average Bonchev–Trinajstić information content (AvgIpc) is 2.87. The van der Waals surface area contributed by atoms with E-state index in [9.17, 15) is 4.79 Å². The van der Waals surface area contributed by atoms with E-state index in [1.807, 2.05) is 0 Å². The molecule has 0 N–H and O–H groups in total. The summed E-state index contributed by atoms with van der Waals surface area (Å²) in [5.74, 6) is 1.18. The monoisotopic (exact) mass is 278 g/mol. The first-order chi connectivity index (χ1) is 9.42. The molecule has 1 aromatic carbocycles. The molecule has 5 heteroatoms. The molecule has 0 aliphatic carbocycles. The van der Waals surface area contributed by atoms with Crippen molar-refractivity contribution in [1.29, 1.82) is 0 Å². The van der Waals surface area contributed by atoms with Gasteiger partial charge in [0, 0.05) is 18.6 Å². The molecule has 2 aromatic rings. The van der Waals surface area contributed by atoms with Gasteiger partial charge in [-0.25, -0.2) is 0 Å². The highest BCUT2D eigenvalue weighted by atomic mass is 16.5. The Balaban J connectivity index is 2.51.